The van der Waals surface area contributed by atoms with Crippen LogP contribution in [0.3, 0.4) is 0 Å². The Morgan fingerprint density at radius 2 is 1.91 bits per heavy atom. The molecule has 1 fully saturated rings. The fraction of sp³-hybridized carbons (Fsp3) is 0.565. The molecule has 0 radical (unpaired) electrons. The Bertz CT molecular complexity index is 916. The summed E-state index contributed by atoms with van der Waals surface area (Å²) < 4.78 is 20.4. The van der Waals surface area contributed by atoms with E-state index in [1.165, 1.54) is 37.1 Å². The molecule has 1 unspecified atom stereocenters. The van der Waals surface area contributed by atoms with Crippen LogP contribution in [-0.4, -0.2) is 26.9 Å². The van der Waals surface area contributed by atoms with E-state index < -0.39 is 17.1 Å². The molecule has 0 saturated heterocycles. The van der Waals surface area contributed by atoms with Crippen molar-refractivity contribution in [2.75, 3.05) is 5.73 Å². The minimum absolute atomic E-state index is 0.0995. The SMILES string of the molecule is CC(C)(C)NS(=O)c1cc(N)ccc1-c1cnc(C2CCCCC2)s1.CC(C)OC(N)=O. The maximum atomic E-state index is 12.8. The van der Waals surface area contributed by atoms with Crippen LogP contribution < -0.4 is 16.2 Å². The molecule has 7 nitrogen and oxygen atoms in total. The Balaban J connectivity index is 0.000000451. The van der Waals surface area contributed by atoms with Gasteiger partial charge in [-0.1, -0.05) is 25.3 Å². The summed E-state index contributed by atoms with van der Waals surface area (Å²) in [5.41, 5.74) is 11.9. The van der Waals surface area contributed by atoms with Gasteiger partial charge in [0, 0.05) is 28.9 Å². The Morgan fingerprint density at radius 1 is 1.25 bits per heavy atom. The fourth-order valence-electron chi connectivity index (χ4n) is 3.41. The van der Waals surface area contributed by atoms with Gasteiger partial charge in [-0.3, -0.25) is 0 Å². The molecule has 1 amide bonds. The third-order valence-electron chi connectivity index (χ3n) is 4.70. The minimum atomic E-state index is -1.32. The first-order valence-corrected chi connectivity index (χ1v) is 12.9. The Morgan fingerprint density at radius 3 is 2.44 bits per heavy atom. The van der Waals surface area contributed by atoms with Crippen LogP contribution in [-0.2, 0) is 15.7 Å². The number of benzene rings is 1. The molecule has 1 saturated carbocycles. The van der Waals surface area contributed by atoms with Gasteiger partial charge < -0.3 is 16.2 Å². The van der Waals surface area contributed by atoms with E-state index in [1.807, 2.05) is 45.2 Å². The van der Waals surface area contributed by atoms with Gasteiger partial charge in [0.1, 0.15) is 11.0 Å². The summed E-state index contributed by atoms with van der Waals surface area (Å²) in [7, 11) is -1.32. The van der Waals surface area contributed by atoms with E-state index in [-0.39, 0.29) is 11.6 Å². The van der Waals surface area contributed by atoms with E-state index in [0.29, 0.717) is 11.6 Å². The van der Waals surface area contributed by atoms with E-state index in [2.05, 4.69) is 20.2 Å². The van der Waals surface area contributed by atoms with Crippen molar-refractivity contribution in [1.29, 1.82) is 0 Å². The van der Waals surface area contributed by atoms with Crippen molar-refractivity contribution in [3.63, 3.8) is 0 Å². The van der Waals surface area contributed by atoms with Crippen LogP contribution in [0.1, 0.15) is 77.6 Å². The van der Waals surface area contributed by atoms with Crippen molar-refractivity contribution in [2.24, 2.45) is 5.73 Å². The summed E-state index contributed by atoms with van der Waals surface area (Å²) in [4.78, 5) is 16.3. The number of rotatable bonds is 5. The quantitative estimate of drug-likeness (QED) is 0.499. The molecule has 0 spiro atoms. The van der Waals surface area contributed by atoms with Crippen LogP contribution in [0.15, 0.2) is 29.3 Å². The van der Waals surface area contributed by atoms with Crippen molar-refractivity contribution in [1.82, 2.24) is 9.71 Å². The zero-order chi connectivity index (χ0) is 23.9. The van der Waals surface area contributed by atoms with E-state index in [0.717, 1.165) is 15.3 Å². The average molecular weight is 481 g/mol. The molecule has 1 atom stereocenters. The number of nitrogens with two attached hydrogens (primary N) is 2. The zero-order valence-electron chi connectivity index (χ0n) is 19.6. The van der Waals surface area contributed by atoms with Crippen molar-refractivity contribution < 1.29 is 13.7 Å². The molecule has 9 heteroatoms. The zero-order valence-corrected chi connectivity index (χ0v) is 21.3. The van der Waals surface area contributed by atoms with Gasteiger partial charge in [0.2, 0.25) is 0 Å². The molecular weight excluding hydrogens is 444 g/mol. The van der Waals surface area contributed by atoms with E-state index in [1.54, 1.807) is 25.2 Å². The predicted molar refractivity (Wildman–Crippen MR) is 133 cm³/mol. The van der Waals surface area contributed by atoms with Crippen LogP contribution in [0.2, 0.25) is 0 Å². The van der Waals surface area contributed by atoms with Gasteiger partial charge in [-0.15, -0.1) is 11.3 Å². The molecule has 2 aromatic rings. The lowest BCUT2D eigenvalue weighted by atomic mass is 9.90. The summed E-state index contributed by atoms with van der Waals surface area (Å²) in [6.45, 7) is 9.50. The number of hydrogen-bond donors (Lipinski definition) is 3. The number of nitrogens with zero attached hydrogens (tertiary/aromatic N) is 1. The average Bonchev–Trinajstić information content (AvgIpc) is 3.17. The van der Waals surface area contributed by atoms with Crippen LogP contribution in [0.4, 0.5) is 10.5 Å². The summed E-state index contributed by atoms with van der Waals surface area (Å²) in [5.74, 6) is 0.586. The highest BCUT2D eigenvalue weighted by atomic mass is 32.2. The van der Waals surface area contributed by atoms with Crippen molar-refractivity contribution >= 4 is 34.1 Å². The number of carbonyl (C=O) groups excluding carboxylic acids is 1. The molecular formula is C23H36N4O3S2. The molecule has 32 heavy (non-hydrogen) atoms. The molecule has 1 heterocycles. The maximum absolute atomic E-state index is 12.8. The molecule has 178 valence electrons. The van der Waals surface area contributed by atoms with E-state index in [9.17, 15) is 9.00 Å². The lowest BCUT2D eigenvalue weighted by Gasteiger charge is -2.21. The van der Waals surface area contributed by atoms with Gasteiger partial charge >= 0.3 is 6.09 Å². The van der Waals surface area contributed by atoms with Crippen molar-refractivity contribution in [3.8, 4) is 10.4 Å². The standard InChI is InChI=1S/C19H27N3OS2.C4H9NO2/c1-19(2,3)22-25(23)17-11-14(20)9-10-15(17)16-12-21-18(24-16)13-7-5-4-6-8-13;1-3(2)7-4(5)6/h9-13,22H,4-8,20H2,1-3H3;3H,1-2H3,(H2,5,6). The number of thiazole rings is 1. The molecule has 1 aromatic heterocycles. The number of primary amides is 1. The first-order chi connectivity index (χ1) is 15.0. The van der Waals surface area contributed by atoms with E-state index in [4.69, 9.17) is 5.73 Å². The van der Waals surface area contributed by atoms with Gasteiger partial charge in [0.05, 0.1) is 20.9 Å². The van der Waals surface area contributed by atoms with Gasteiger partial charge in [0.25, 0.3) is 0 Å². The Kier molecular flexibility index (Phi) is 9.66. The highest BCUT2D eigenvalue weighted by Crippen LogP contribution is 2.39. The highest BCUT2D eigenvalue weighted by Gasteiger charge is 2.22. The summed E-state index contributed by atoms with van der Waals surface area (Å²) in [6, 6.07) is 5.64. The predicted octanol–water partition coefficient (Wildman–Crippen LogP) is 5.34. The summed E-state index contributed by atoms with van der Waals surface area (Å²) in [6.07, 6.45) is 7.52. The number of carbonyl (C=O) groups is 1. The number of nitrogen functional groups attached to an aromatic ring is 1. The van der Waals surface area contributed by atoms with Crippen LogP contribution in [0.25, 0.3) is 10.4 Å². The Hall–Kier alpha value is -1.97. The highest BCUT2D eigenvalue weighted by molar-refractivity contribution is 7.83. The molecule has 3 rings (SSSR count). The third kappa shape index (κ3) is 8.52. The third-order valence-corrected chi connectivity index (χ3v) is 7.43. The Labute approximate surface area is 197 Å². The molecule has 0 aliphatic heterocycles. The second-order valence-electron chi connectivity index (χ2n) is 9.26. The van der Waals surface area contributed by atoms with Crippen molar-refractivity contribution in [2.45, 2.75) is 89.2 Å². The molecule has 1 aromatic carbocycles. The first kappa shape index (κ1) is 26.3. The summed E-state index contributed by atoms with van der Waals surface area (Å²) in [5, 5.41) is 1.21. The number of hydrogen-bond acceptors (Lipinski definition) is 6. The number of anilines is 1. The summed E-state index contributed by atoms with van der Waals surface area (Å²) >= 11 is 1.73. The number of ether oxygens (including phenoxy) is 1. The number of amides is 1. The molecule has 0 bridgehead atoms. The minimum Gasteiger partial charge on any atom is -0.447 e. The fourth-order valence-corrected chi connectivity index (χ4v) is 5.89. The second-order valence-corrected chi connectivity index (χ2v) is 11.5. The molecule has 1 aliphatic carbocycles. The van der Waals surface area contributed by atoms with Crippen LogP contribution >= 0.6 is 11.3 Å². The number of aromatic nitrogens is 1. The maximum Gasteiger partial charge on any atom is 0.404 e. The first-order valence-electron chi connectivity index (χ1n) is 11.0. The number of nitrogens with one attached hydrogen (secondary N) is 1. The molecule has 5 N–H and O–H groups in total. The largest absolute Gasteiger partial charge is 0.447 e. The molecule has 1 aliphatic rings. The monoisotopic (exact) mass is 480 g/mol. The van der Waals surface area contributed by atoms with Gasteiger partial charge in [-0.05, 0) is 59.6 Å². The lowest BCUT2D eigenvalue weighted by molar-refractivity contribution is 0.125. The smallest absolute Gasteiger partial charge is 0.404 e. The van der Waals surface area contributed by atoms with Gasteiger partial charge in [0.15, 0.2) is 0 Å². The van der Waals surface area contributed by atoms with Crippen LogP contribution in [0, 0.1) is 0 Å². The lowest BCUT2D eigenvalue weighted by Crippen LogP contribution is -2.37. The normalized spacial score (nSPS) is 15.7. The van der Waals surface area contributed by atoms with Crippen LogP contribution in [0.5, 0.6) is 0 Å². The van der Waals surface area contributed by atoms with Gasteiger partial charge in [-0.25, -0.2) is 18.7 Å². The second kappa shape index (κ2) is 11.8. The van der Waals surface area contributed by atoms with Crippen molar-refractivity contribution in [3.05, 3.63) is 29.4 Å². The topological polar surface area (TPSA) is 120 Å². The van der Waals surface area contributed by atoms with E-state index >= 15 is 0 Å². The van der Waals surface area contributed by atoms with Gasteiger partial charge in [-0.2, -0.15) is 0 Å².